The summed E-state index contributed by atoms with van der Waals surface area (Å²) in [6.07, 6.45) is 2.08. The highest BCUT2D eigenvalue weighted by atomic mass is 16.3. The van der Waals surface area contributed by atoms with E-state index in [1.165, 1.54) is 11.1 Å². The first kappa shape index (κ1) is 28.0. The summed E-state index contributed by atoms with van der Waals surface area (Å²) >= 11 is 0. The number of phenolic OH excluding ortho intramolecular Hbond substituents is 2. The summed E-state index contributed by atoms with van der Waals surface area (Å²) in [6.45, 7) is 5.70. The molecular weight excluding hydrogens is 460 g/mol. The van der Waals surface area contributed by atoms with Gasteiger partial charge in [0.1, 0.15) is 11.5 Å². The van der Waals surface area contributed by atoms with E-state index < -0.39 is 0 Å². The van der Waals surface area contributed by atoms with Crippen LogP contribution in [0.2, 0.25) is 0 Å². The molecule has 0 amide bonds. The number of aryl methyl sites for hydroxylation is 2. The molecule has 0 aliphatic heterocycles. The first-order chi connectivity index (χ1) is 17.8. The van der Waals surface area contributed by atoms with Crippen molar-refractivity contribution >= 4 is 0 Å². The van der Waals surface area contributed by atoms with Gasteiger partial charge in [0.05, 0.1) is 0 Å². The maximum absolute atomic E-state index is 10.5. The molecular formula is C33H38O4. The van der Waals surface area contributed by atoms with Gasteiger partial charge in [-0.05, 0) is 66.5 Å². The van der Waals surface area contributed by atoms with Gasteiger partial charge < -0.3 is 20.4 Å². The zero-order valence-corrected chi connectivity index (χ0v) is 22.0. The number of benzene rings is 4. The second-order valence-electron chi connectivity index (χ2n) is 9.52. The molecule has 4 N–H and O–H groups in total. The Morgan fingerprint density at radius 3 is 1.30 bits per heavy atom. The summed E-state index contributed by atoms with van der Waals surface area (Å²) in [6, 6.07) is 28.6. The fourth-order valence-corrected chi connectivity index (χ4v) is 4.57. The van der Waals surface area contributed by atoms with E-state index >= 15 is 0 Å². The largest absolute Gasteiger partial charge is 0.507 e. The number of rotatable bonds is 8. The van der Waals surface area contributed by atoms with Crippen molar-refractivity contribution in [1.82, 2.24) is 0 Å². The first-order valence-electron chi connectivity index (χ1n) is 12.8. The molecule has 4 aromatic carbocycles. The van der Waals surface area contributed by atoms with Crippen LogP contribution in [0.25, 0.3) is 0 Å². The zero-order chi connectivity index (χ0) is 26.8. The third-order valence-electron chi connectivity index (χ3n) is 6.61. The summed E-state index contributed by atoms with van der Waals surface area (Å²) in [4.78, 5) is 0. The predicted octanol–water partition coefficient (Wildman–Crippen LogP) is 6.21. The van der Waals surface area contributed by atoms with Gasteiger partial charge in [0.2, 0.25) is 0 Å². The normalized spacial score (nSPS) is 10.8. The van der Waals surface area contributed by atoms with Crippen molar-refractivity contribution < 1.29 is 20.4 Å². The fourth-order valence-electron chi connectivity index (χ4n) is 4.57. The van der Waals surface area contributed by atoms with E-state index in [0.717, 1.165) is 39.8 Å². The SMILES string of the molecule is Cc1cc(CCO)cc(C(C)c2cc(CCO)cc(C)c2O)c1O.c1ccc(Cc2ccccc2)cc1. The molecule has 4 rings (SSSR count). The lowest BCUT2D eigenvalue weighted by Crippen LogP contribution is -2.03. The van der Waals surface area contributed by atoms with Crippen molar-refractivity contribution in [2.24, 2.45) is 0 Å². The molecule has 0 aliphatic rings. The predicted molar refractivity (Wildman–Crippen MR) is 150 cm³/mol. The van der Waals surface area contributed by atoms with Crippen molar-refractivity contribution in [3.63, 3.8) is 0 Å². The van der Waals surface area contributed by atoms with Crippen molar-refractivity contribution in [3.8, 4) is 11.5 Å². The average molecular weight is 499 g/mol. The van der Waals surface area contributed by atoms with Gasteiger partial charge in [0.15, 0.2) is 0 Å². The standard InChI is InChI=1S/C20H26O4.C13H12/c1-12-8-15(4-6-21)10-17(19(12)23)14(3)18-11-16(5-7-22)9-13(2)20(18)24;1-3-7-12(8-4-1)11-13-9-5-2-6-10-13/h8-11,14,21-24H,4-7H2,1-3H3;1-10H,11H2. The van der Waals surface area contributed by atoms with Crippen molar-refractivity contribution in [2.45, 2.75) is 46.0 Å². The van der Waals surface area contributed by atoms with Crippen molar-refractivity contribution in [2.75, 3.05) is 13.2 Å². The Morgan fingerprint density at radius 2 is 0.946 bits per heavy atom. The topological polar surface area (TPSA) is 80.9 Å². The molecule has 0 heterocycles. The van der Waals surface area contributed by atoms with Gasteiger partial charge in [-0.25, -0.2) is 0 Å². The third kappa shape index (κ3) is 7.69. The second kappa shape index (κ2) is 13.6. The van der Waals surface area contributed by atoms with E-state index in [2.05, 4.69) is 60.7 Å². The van der Waals surface area contributed by atoms with Gasteiger partial charge in [-0.1, -0.05) is 91.9 Å². The molecule has 0 aromatic heterocycles. The Hall–Kier alpha value is -3.60. The lowest BCUT2D eigenvalue weighted by atomic mass is 9.86. The third-order valence-corrected chi connectivity index (χ3v) is 6.61. The maximum atomic E-state index is 10.5. The molecule has 0 unspecified atom stereocenters. The number of aromatic hydroxyl groups is 2. The van der Waals surface area contributed by atoms with Crippen LogP contribution >= 0.6 is 0 Å². The molecule has 0 radical (unpaired) electrons. The van der Waals surface area contributed by atoms with Gasteiger partial charge in [-0.3, -0.25) is 0 Å². The smallest absolute Gasteiger partial charge is 0.122 e. The van der Waals surface area contributed by atoms with Crippen molar-refractivity contribution in [3.05, 3.63) is 129 Å². The molecule has 4 nitrogen and oxygen atoms in total. The summed E-state index contributed by atoms with van der Waals surface area (Å²) < 4.78 is 0. The second-order valence-corrected chi connectivity index (χ2v) is 9.52. The number of aliphatic hydroxyl groups excluding tert-OH is 2. The minimum atomic E-state index is -0.209. The van der Waals surface area contributed by atoms with E-state index in [9.17, 15) is 20.4 Å². The summed E-state index contributed by atoms with van der Waals surface area (Å²) in [5, 5.41) is 39.3. The van der Waals surface area contributed by atoms with Crippen LogP contribution in [0, 0.1) is 13.8 Å². The molecule has 37 heavy (non-hydrogen) atoms. The molecule has 0 saturated heterocycles. The van der Waals surface area contributed by atoms with Crippen LogP contribution < -0.4 is 0 Å². The Kier molecular flexibility index (Phi) is 10.3. The zero-order valence-electron chi connectivity index (χ0n) is 22.0. The molecule has 0 bridgehead atoms. The van der Waals surface area contributed by atoms with Gasteiger partial charge in [0, 0.05) is 30.3 Å². The quantitative estimate of drug-likeness (QED) is 0.233. The summed E-state index contributed by atoms with van der Waals surface area (Å²) in [5.74, 6) is 0.224. The molecule has 0 atom stereocenters. The van der Waals surface area contributed by atoms with E-state index in [0.29, 0.717) is 12.8 Å². The summed E-state index contributed by atoms with van der Waals surface area (Å²) in [5.41, 5.74) is 7.62. The van der Waals surface area contributed by atoms with Crippen LogP contribution in [0.1, 0.15) is 57.3 Å². The minimum Gasteiger partial charge on any atom is -0.507 e. The highest BCUT2D eigenvalue weighted by Crippen LogP contribution is 2.39. The van der Waals surface area contributed by atoms with E-state index in [-0.39, 0.29) is 30.6 Å². The first-order valence-corrected chi connectivity index (χ1v) is 12.8. The lowest BCUT2D eigenvalue weighted by Gasteiger charge is -2.20. The molecule has 4 heteroatoms. The van der Waals surface area contributed by atoms with Crippen LogP contribution in [-0.2, 0) is 19.3 Å². The van der Waals surface area contributed by atoms with Crippen LogP contribution in [0.5, 0.6) is 11.5 Å². The lowest BCUT2D eigenvalue weighted by molar-refractivity contribution is 0.299. The number of aliphatic hydroxyl groups is 2. The van der Waals surface area contributed by atoms with Crippen molar-refractivity contribution in [1.29, 1.82) is 0 Å². The molecule has 0 saturated carbocycles. The monoisotopic (exact) mass is 498 g/mol. The van der Waals surface area contributed by atoms with E-state index in [1.807, 2.05) is 45.0 Å². The van der Waals surface area contributed by atoms with E-state index in [4.69, 9.17) is 0 Å². The van der Waals surface area contributed by atoms with Gasteiger partial charge in [-0.15, -0.1) is 0 Å². The molecule has 0 spiro atoms. The Balaban J connectivity index is 0.000000244. The summed E-state index contributed by atoms with van der Waals surface area (Å²) in [7, 11) is 0. The molecule has 0 fully saturated rings. The minimum absolute atomic E-state index is 0.0500. The maximum Gasteiger partial charge on any atom is 0.122 e. The highest BCUT2D eigenvalue weighted by Gasteiger charge is 2.20. The van der Waals surface area contributed by atoms with Gasteiger partial charge in [0.25, 0.3) is 0 Å². The van der Waals surface area contributed by atoms with Crippen LogP contribution in [-0.4, -0.2) is 33.6 Å². The Labute approximate surface area is 220 Å². The van der Waals surface area contributed by atoms with Crippen LogP contribution in [0.4, 0.5) is 0 Å². The van der Waals surface area contributed by atoms with E-state index in [1.54, 1.807) is 0 Å². The number of hydrogen-bond donors (Lipinski definition) is 4. The van der Waals surface area contributed by atoms with Gasteiger partial charge >= 0.3 is 0 Å². The van der Waals surface area contributed by atoms with Crippen LogP contribution in [0.3, 0.4) is 0 Å². The average Bonchev–Trinajstić information content (AvgIpc) is 2.90. The highest BCUT2D eigenvalue weighted by molar-refractivity contribution is 5.53. The fraction of sp³-hybridized carbons (Fsp3) is 0.273. The van der Waals surface area contributed by atoms with Crippen LogP contribution in [0.15, 0.2) is 84.9 Å². The van der Waals surface area contributed by atoms with Gasteiger partial charge in [-0.2, -0.15) is 0 Å². The number of hydrogen-bond acceptors (Lipinski definition) is 4. The molecule has 194 valence electrons. The Morgan fingerprint density at radius 1 is 0.568 bits per heavy atom. The Bertz CT molecular complexity index is 1170. The molecule has 4 aromatic rings. The number of phenols is 2. The molecule has 0 aliphatic carbocycles.